The zero-order valence-electron chi connectivity index (χ0n) is 13.1. The van der Waals surface area contributed by atoms with Crippen molar-refractivity contribution in [1.82, 2.24) is 10.2 Å². The summed E-state index contributed by atoms with van der Waals surface area (Å²) >= 11 is 0. The summed E-state index contributed by atoms with van der Waals surface area (Å²) in [4.78, 5) is 2.68. The van der Waals surface area contributed by atoms with Gasteiger partial charge in [0.1, 0.15) is 0 Å². The van der Waals surface area contributed by atoms with Crippen molar-refractivity contribution in [3.63, 3.8) is 0 Å². The number of rotatable bonds is 6. The third-order valence-corrected chi connectivity index (χ3v) is 3.97. The van der Waals surface area contributed by atoms with E-state index in [0.29, 0.717) is 12.1 Å². The number of ether oxygens (including phenoxy) is 1. The summed E-state index contributed by atoms with van der Waals surface area (Å²) in [5.74, 6) is 0. The molecule has 0 aromatic carbocycles. The lowest BCUT2D eigenvalue weighted by Gasteiger charge is -2.37. The first-order valence-corrected chi connectivity index (χ1v) is 7.40. The van der Waals surface area contributed by atoms with E-state index >= 15 is 0 Å². The Kier molecular flexibility index (Phi) is 6.09. The van der Waals surface area contributed by atoms with Gasteiger partial charge in [-0.25, -0.2) is 0 Å². The van der Waals surface area contributed by atoms with Gasteiger partial charge in [0.05, 0.1) is 6.61 Å². The highest BCUT2D eigenvalue weighted by Crippen LogP contribution is 2.28. The maximum absolute atomic E-state index is 5.44. The molecule has 3 unspecified atom stereocenters. The standard InChI is InChI=1S/C15H32N2O/c1-7-13-9-8-12(2)17(13)14(11-18-6)10-16-15(3,4)5/h12-14,16H,7-11H2,1-6H3. The molecule has 0 spiro atoms. The Bertz CT molecular complexity index is 237. The molecule has 0 bridgehead atoms. The molecule has 0 saturated carbocycles. The van der Waals surface area contributed by atoms with Crippen LogP contribution in [0.25, 0.3) is 0 Å². The fraction of sp³-hybridized carbons (Fsp3) is 1.00. The Hall–Kier alpha value is -0.120. The second-order valence-electron chi connectivity index (χ2n) is 6.68. The Labute approximate surface area is 113 Å². The Balaban J connectivity index is 2.64. The minimum absolute atomic E-state index is 0.177. The first kappa shape index (κ1) is 15.9. The monoisotopic (exact) mass is 256 g/mol. The zero-order chi connectivity index (χ0) is 13.8. The summed E-state index contributed by atoms with van der Waals surface area (Å²) in [5.41, 5.74) is 0.177. The third kappa shape index (κ3) is 4.52. The van der Waals surface area contributed by atoms with Crippen molar-refractivity contribution < 1.29 is 4.74 Å². The molecule has 1 heterocycles. The van der Waals surface area contributed by atoms with Crippen LogP contribution in [0.2, 0.25) is 0 Å². The smallest absolute Gasteiger partial charge is 0.0630 e. The van der Waals surface area contributed by atoms with E-state index < -0.39 is 0 Å². The molecule has 1 N–H and O–H groups in total. The predicted molar refractivity (Wildman–Crippen MR) is 78.0 cm³/mol. The van der Waals surface area contributed by atoms with Crippen molar-refractivity contribution in [3.05, 3.63) is 0 Å². The van der Waals surface area contributed by atoms with Gasteiger partial charge in [-0.15, -0.1) is 0 Å². The van der Waals surface area contributed by atoms with E-state index in [9.17, 15) is 0 Å². The minimum atomic E-state index is 0.177. The molecular formula is C15H32N2O. The van der Waals surface area contributed by atoms with Crippen LogP contribution in [0.5, 0.6) is 0 Å². The summed E-state index contributed by atoms with van der Waals surface area (Å²) in [6.45, 7) is 13.2. The highest BCUT2D eigenvalue weighted by molar-refractivity contribution is 4.91. The molecular weight excluding hydrogens is 224 g/mol. The SMILES string of the molecule is CCC1CCC(C)N1C(CNC(C)(C)C)COC. The van der Waals surface area contributed by atoms with Crippen molar-refractivity contribution >= 4 is 0 Å². The maximum Gasteiger partial charge on any atom is 0.0630 e. The molecule has 108 valence electrons. The molecule has 0 radical (unpaired) electrons. The van der Waals surface area contributed by atoms with Crippen LogP contribution >= 0.6 is 0 Å². The highest BCUT2D eigenvalue weighted by Gasteiger charge is 2.34. The van der Waals surface area contributed by atoms with E-state index in [2.05, 4.69) is 44.8 Å². The summed E-state index contributed by atoms with van der Waals surface area (Å²) in [7, 11) is 1.81. The zero-order valence-corrected chi connectivity index (χ0v) is 13.1. The number of nitrogens with zero attached hydrogens (tertiary/aromatic N) is 1. The van der Waals surface area contributed by atoms with Gasteiger partial charge in [0, 0.05) is 37.3 Å². The molecule has 3 nitrogen and oxygen atoms in total. The van der Waals surface area contributed by atoms with Gasteiger partial charge in [0.15, 0.2) is 0 Å². The van der Waals surface area contributed by atoms with Crippen LogP contribution in [0.3, 0.4) is 0 Å². The average Bonchev–Trinajstić information content (AvgIpc) is 2.64. The van der Waals surface area contributed by atoms with Gasteiger partial charge >= 0.3 is 0 Å². The molecule has 18 heavy (non-hydrogen) atoms. The van der Waals surface area contributed by atoms with Gasteiger partial charge in [-0.2, -0.15) is 0 Å². The minimum Gasteiger partial charge on any atom is -0.383 e. The molecule has 1 saturated heterocycles. The van der Waals surface area contributed by atoms with Crippen LogP contribution in [0.4, 0.5) is 0 Å². The van der Waals surface area contributed by atoms with Crippen LogP contribution in [-0.4, -0.2) is 48.8 Å². The largest absolute Gasteiger partial charge is 0.383 e. The fourth-order valence-corrected chi connectivity index (χ4v) is 3.03. The fourth-order valence-electron chi connectivity index (χ4n) is 3.03. The molecule has 1 fully saturated rings. The maximum atomic E-state index is 5.44. The summed E-state index contributed by atoms with van der Waals surface area (Å²) in [5, 5.41) is 3.63. The summed E-state index contributed by atoms with van der Waals surface area (Å²) < 4.78 is 5.44. The molecule has 0 aromatic rings. The van der Waals surface area contributed by atoms with E-state index in [0.717, 1.165) is 19.2 Å². The van der Waals surface area contributed by atoms with Crippen LogP contribution in [0.1, 0.15) is 53.9 Å². The van der Waals surface area contributed by atoms with E-state index in [1.807, 2.05) is 7.11 Å². The Morgan fingerprint density at radius 2 is 2.00 bits per heavy atom. The van der Waals surface area contributed by atoms with Crippen LogP contribution in [0, 0.1) is 0 Å². The van der Waals surface area contributed by atoms with Crippen molar-refractivity contribution in [2.75, 3.05) is 20.3 Å². The van der Waals surface area contributed by atoms with E-state index in [4.69, 9.17) is 4.74 Å². The van der Waals surface area contributed by atoms with Crippen LogP contribution in [0.15, 0.2) is 0 Å². The number of methoxy groups -OCH3 is 1. The Morgan fingerprint density at radius 1 is 1.33 bits per heavy atom. The van der Waals surface area contributed by atoms with E-state index in [-0.39, 0.29) is 5.54 Å². The Morgan fingerprint density at radius 3 is 2.50 bits per heavy atom. The molecule has 1 rings (SSSR count). The average molecular weight is 256 g/mol. The van der Waals surface area contributed by atoms with E-state index in [1.54, 1.807) is 0 Å². The molecule has 0 amide bonds. The number of hydrogen-bond acceptors (Lipinski definition) is 3. The quantitative estimate of drug-likeness (QED) is 0.791. The third-order valence-electron chi connectivity index (χ3n) is 3.97. The van der Waals surface area contributed by atoms with Gasteiger partial charge < -0.3 is 10.1 Å². The van der Waals surface area contributed by atoms with Gasteiger partial charge in [-0.3, -0.25) is 4.90 Å². The van der Waals surface area contributed by atoms with E-state index in [1.165, 1.54) is 19.3 Å². The number of likely N-dealkylation sites (tertiary alicyclic amines) is 1. The van der Waals surface area contributed by atoms with Crippen molar-refractivity contribution in [2.45, 2.75) is 77.5 Å². The summed E-state index contributed by atoms with van der Waals surface area (Å²) in [6, 6.07) is 1.93. The van der Waals surface area contributed by atoms with Gasteiger partial charge in [-0.1, -0.05) is 6.92 Å². The predicted octanol–water partition coefficient (Wildman–Crippen LogP) is 2.65. The summed E-state index contributed by atoms with van der Waals surface area (Å²) in [6.07, 6.45) is 3.92. The lowest BCUT2D eigenvalue weighted by atomic mass is 10.1. The first-order chi connectivity index (χ1) is 8.39. The molecule has 0 aliphatic carbocycles. The second kappa shape index (κ2) is 6.88. The molecule has 3 heteroatoms. The normalized spacial score (nSPS) is 27.7. The number of hydrogen-bond donors (Lipinski definition) is 1. The lowest BCUT2D eigenvalue weighted by molar-refractivity contribution is 0.0556. The van der Waals surface area contributed by atoms with Crippen molar-refractivity contribution in [3.8, 4) is 0 Å². The topological polar surface area (TPSA) is 24.5 Å². The van der Waals surface area contributed by atoms with Gasteiger partial charge in [-0.05, 0) is 47.0 Å². The first-order valence-electron chi connectivity index (χ1n) is 7.40. The van der Waals surface area contributed by atoms with Crippen LogP contribution < -0.4 is 5.32 Å². The van der Waals surface area contributed by atoms with Gasteiger partial charge in [0.2, 0.25) is 0 Å². The second-order valence-corrected chi connectivity index (χ2v) is 6.68. The number of nitrogens with one attached hydrogen (secondary N) is 1. The lowest BCUT2D eigenvalue weighted by Crippen LogP contribution is -2.53. The molecule has 1 aliphatic heterocycles. The van der Waals surface area contributed by atoms with Crippen molar-refractivity contribution in [1.29, 1.82) is 0 Å². The highest BCUT2D eigenvalue weighted by atomic mass is 16.5. The molecule has 0 aromatic heterocycles. The molecule has 3 atom stereocenters. The van der Waals surface area contributed by atoms with Crippen molar-refractivity contribution in [2.24, 2.45) is 0 Å². The van der Waals surface area contributed by atoms with Crippen LogP contribution in [-0.2, 0) is 4.74 Å². The van der Waals surface area contributed by atoms with Gasteiger partial charge in [0.25, 0.3) is 0 Å². The molecule has 1 aliphatic rings.